The monoisotopic (exact) mass is 536 g/mol. The van der Waals surface area contributed by atoms with Crippen LogP contribution in [0.2, 0.25) is 0 Å². The summed E-state index contributed by atoms with van der Waals surface area (Å²) in [4.78, 5) is 49.6. The van der Waals surface area contributed by atoms with Crippen LogP contribution in [0.4, 0.5) is 11.4 Å². The van der Waals surface area contributed by atoms with Crippen LogP contribution in [-0.4, -0.2) is 37.0 Å². The Labute approximate surface area is 229 Å². The largest absolute Gasteiger partial charge is 0.497 e. The van der Waals surface area contributed by atoms with Crippen molar-refractivity contribution < 1.29 is 28.7 Å². The number of rotatable bonds is 8. The number of hydrogen-bond donors (Lipinski definition) is 3. The highest BCUT2D eigenvalue weighted by atomic mass is 16.5. The third-order valence-electron chi connectivity index (χ3n) is 5.45. The van der Waals surface area contributed by atoms with Gasteiger partial charge in [0.15, 0.2) is 0 Å². The van der Waals surface area contributed by atoms with Gasteiger partial charge in [-0.05, 0) is 78.4 Å². The van der Waals surface area contributed by atoms with Crippen molar-refractivity contribution in [2.45, 2.75) is 0 Å². The van der Waals surface area contributed by atoms with Crippen molar-refractivity contribution in [1.82, 2.24) is 5.43 Å². The molecule has 0 fully saturated rings. The summed E-state index contributed by atoms with van der Waals surface area (Å²) in [6.45, 7) is 0. The van der Waals surface area contributed by atoms with Gasteiger partial charge < -0.3 is 20.1 Å². The molecule has 0 aliphatic rings. The highest BCUT2D eigenvalue weighted by molar-refractivity contribution is 6.40. The molecule has 3 amide bonds. The average Bonchev–Trinajstić information content (AvgIpc) is 2.98. The van der Waals surface area contributed by atoms with Gasteiger partial charge in [-0.1, -0.05) is 30.3 Å². The summed E-state index contributed by atoms with van der Waals surface area (Å²) in [6, 6.07) is 28.0. The van der Waals surface area contributed by atoms with E-state index in [0.29, 0.717) is 28.3 Å². The molecule has 0 spiro atoms. The SMILES string of the molecule is COc1ccc(C(=O)Oc2ccc(C=NNC(=O)C(=O)Nc3ccccc3C(=O)Nc3ccccc3)cc2)cc1. The molecule has 3 N–H and O–H groups in total. The van der Waals surface area contributed by atoms with Gasteiger partial charge in [-0.15, -0.1) is 0 Å². The maximum absolute atomic E-state index is 12.7. The molecule has 0 saturated carbocycles. The minimum absolute atomic E-state index is 0.167. The van der Waals surface area contributed by atoms with E-state index in [1.165, 1.54) is 25.5 Å². The second-order valence-electron chi connectivity index (χ2n) is 8.21. The molecular weight excluding hydrogens is 512 g/mol. The number of amides is 3. The molecule has 4 aromatic rings. The van der Waals surface area contributed by atoms with Crippen molar-refractivity contribution in [2.75, 3.05) is 17.7 Å². The zero-order valence-corrected chi connectivity index (χ0v) is 21.3. The standard InChI is InChI=1S/C30H24N4O6/c1-39-23-17-13-21(14-18-23)30(38)40-24-15-11-20(12-16-24)19-31-34-29(37)28(36)33-26-10-6-5-9-25(26)27(35)32-22-7-3-2-4-8-22/h2-19H,1H3,(H,32,35)(H,33,36)(H,34,37). The second-order valence-corrected chi connectivity index (χ2v) is 8.21. The van der Waals surface area contributed by atoms with Gasteiger partial charge in [0.25, 0.3) is 5.91 Å². The normalized spacial score (nSPS) is 10.4. The van der Waals surface area contributed by atoms with Crippen LogP contribution in [-0.2, 0) is 9.59 Å². The van der Waals surface area contributed by atoms with E-state index in [0.717, 1.165) is 0 Å². The van der Waals surface area contributed by atoms with E-state index in [-0.39, 0.29) is 11.3 Å². The molecule has 0 heterocycles. The summed E-state index contributed by atoms with van der Waals surface area (Å²) in [7, 11) is 1.54. The first-order valence-corrected chi connectivity index (χ1v) is 12.0. The lowest BCUT2D eigenvalue weighted by atomic mass is 10.1. The molecule has 4 rings (SSSR count). The molecule has 10 heteroatoms. The van der Waals surface area contributed by atoms with Crippen LogP contribution >= 0.6 is 0 Å². The van der Waals surface area contributed by atoms with Crippen LogP contribution in [0.25, 0.3) is 0 Å². The molecule has 4 aromatic carbocycles. The first kappa shape index (κ1) is 27.3. The molecule has 200 valence electrons. The van der Waals surface area contributed by atoms with E-state index < -0.39 is 23.7 Å². The number of carbonyl (C=O) groups is 4. The van der Waals surface area contributed by atoms with Crippen molar-refractivity contribution in [2.24, 2.45) is 5.10 Å². The lowest BCUT2D eigenvalue weighted by molar-refractivity contribution is -0.136. The number of para-hydroxylation sites is 2. The lowest BCUT2D eigenvalue weighted by Crippen LogP contribution is -2.33. The van der Waals surface area contributed by atoms with Crippen LogP contribution < -0.4 is 25.5 Å². The fourth-order valence-corrected chi connectivity index (χ4v) is 3.42. The van der Waals surface area contributed by atoms with Crippen LogP contribution in [0.3, 0.4) is 0 Å². The zero-order valence-electron chi connectivity index (χ0n) is 21.3. The minimum Gasteiger partial charge on any atom is -0.497 e. The number of hydrogen-bond acceptors (Lipinski definition) is 7. The molecule has 0 unspecified atom stereocenters. The predicted octanol–water partition coefficient (Wildman–Crippen LogP) is 4.26. The molecule has 0 saturated heterocycles. The number of anilines is 2. The van der Waals surface area contributed by atoms with Crippen LogP contribution in [0, 0.1) is 0 Å². The summed E-state index contributed by atoms with van der Waals surface area (Å²) < 4.78 is 10.4. The third-order valence-corrected chi connectivity index (χ3v) is 5.45. The van der Waals surface area contributed by atoms with E-state index in [4.69, 9.17) is 9.47 Å². The summed E-state index contributed by atoms with van der Waals surface area (Å²) in [6.07, 6.45) is 1.32. The van der Waals surface area contributed by atoms with Gasteiger partial charge in [0.05, 0.1) is 30.1 Å². The van der Waals surface area contributed by atoms with Gasteiger partial charge in [-0.3, -0.25) is 14.4 Å². The molecule has 0 radical (unpaired) electrons. The Balaban J connectivity index is 1.29. The number of methoxy groups -OCH3 is 1. The van der Waals surface area contributed by atoms with Gasteiger partial charge in [-0.25, -0.2) is 10.2 Å². The number of nitrogens with one attached hydrogen (secondary N) is 3. The zero-order chi connectivity index (χ0) is 28.3. The predicted molar refractivity (Wildman–Crippen MR) is 150 cm³/mol. The summed E-state index contributed by atoms with van der Waals surface area (Å²) >= 11 is 0. The topological polar surface area (TPSA) is 135 Å². The minimum atomic E-state index is -1.03. The lowest BCUT2D eigenvalue weighted by Gasteiger charge is -2.11. The Morgan fingerprint density at radius 1 is 0.700 bits per heavy atom. The van der Waals surface area contributed by atoms with Crippen molar-refractivity contribution in [3.05, 3.63) is 120 Å². The Morgan fingerprint density at radius 2 is 1.35 bits per heavy atom. The van der Waals surface area contributed by atoms with Gasteiger partial charge in [0.1, 0.15) is 11.5 Å². The number of benzene rings is 4. The van der Waals surface area contributed by atoms with E-state index >= 15 is 0 Å². The van der Waals surface area contributed by atoms with E-state index in [9.17, 15) is 19.2 Å². The number of nitrogens with zero attached hydrogens (tertiary/aromatic N) is 1. The maximum Gasteiger partial charge on any atom is 0.343 e. The van der Waals surface area contributed by atoms with E-state index in [1.54, 1.807) is 84.9 Å². The van der Waals surface area contributed by atoms with Gasteiger partial charge in [-0.2, -0.15) is 5.10 Å². The Kier molecular flexibility index (Phi) is 8.97. The summed E-state index contributed by atoms with van der Waals surface area (Å²) in [5.41, 5.74) is 4.02. The van der Waals surface area contributed by atoms with Crippen molar-refractivity contribution in [3.8, 4) is 11.5 Å². The van der Waals surface area contributed by atoms with Crippen LogP contribution in [0.5, 0.6) is 11.5 Å². The summed E-state index contributed by atoms with van der Waals surface area (Å²) in [5.74, 6) is -2.06. The van der Waals surface area contributed by atoms with Crippen molar-refractivity contribution >= 4 is 41.3 Å². The molecule has 0 bridgehead atoms. The van der Waals surface area contributed by atoms with Gasteiger partial charge >= 0.3 is 17.8 Å². The van der Waals surface area contributed by atoms with Gasteiger partial charge in [0.2, 0.25) is 0 Å². The molecule has 10 nitrogen and oxygen atoms in total. The van der Waals surface area contributed by atoms with E-state index in [2.05, 4.69) is 21.2 Å². The van der Waals surface area contributed by atoms with Crippen molar-refractivity contribution in [3.63, 3.8) is 0 Å². The number of hydrazone groups is 1. The molecule has 40 heavy (non-hydrogen) atoms. The first-order valence-electron chi connectivity index (χ1n) is 12.0. The Hall–Kier alpha value is -5.77. The van der Waals surface area contributed by atoms with Crippen LogP contribution in [0.1, 0.15) is 26.3 Å². The highest BCUT2D eigenvalue weighted by Crippen LogP contribution is 2.18. The molecule has 0 atom stereocenters. The van der Waals surface area contributed by atoms with Gasteiger partial charge in [0, 0.05) is 5.69 Å². The Morgan fingerprint density at radius 3 is 2.05 bits per heavy atom. The molecular formula is C30H24N4O6. The summed E-state index contributed by atoms with van der Waals surface area (Å²) in [5, 5.41) is 8.95. The maximum atomic E-state index is 12.7. The fourth-order valence-electron chi connectivity index (χ4n) is 3.42. The van der Waals surface area contributed by atoms with E-state index in [1.807, 2.05) is 6.07 Å². The molecule has 0 aliphatic heterocycles. The third kappa shape index (κ3) is 7.39. The fraction of sp³-hybridized carbons (Fsp3) is 0.0333. The quantitative estimate of drug-likeness (QED) is 0.101. The highest BCUT2D eigenvalue weighted by Gasteiger charge is 2.18. The number of esters is 1. The second kappa shape index (κ2) is 13.2. The molecule has 0 aromatic heterocycles. The smallest absolute Gasteiger partial charge is 0.343 e. The number of carbonyl (C=O) groups excluding carboxylic acids is 4. The first-order chi connectivity index (χ1) is 19.4. The van der Waals surface area contributed by atoms with Crippen LogP contribution in [0.15, 0.2) is 108 Å². The average molecular weight is 537 g/mol. The number of ether oxygens (including phenoxy) is 2. The van der Waals surface area contributed by atoms with Crippen molar-refractivity contribution in [1.29, 1.82) is 0 Å². The molecule has 0 aliphatic carbocycles. The Bertz CT molecular complexity index is 1530.